The molecule has 1 aliphatic carbocycles. The van der Waals surface area contributed by atoms with Crippen molar-refractivity contribution in [1.82, 2.24) is 19.5 Å². The van der Waals surface area contributed by atoms with Crippen LogP contribution >= 0.6 is 22.9 Å². The van der Waals surface area contributed by atoms with Gasteiger partial charge in [-0.05, 0) is 51.0 Å². The first kappa shape index (κ1) is 26.9. The Labute approximate surface area is 243 Å². The van der Waals surface area contributed by atoms with Gasteiger partial charge in [0.1, 0.15) is 24.3 Å². The number of fused-ring (bicyclic) bond motifs is 2. The molecule has 6 rings (SSSR count). The Kier molecular flexibility index (Phi) is 6.93. The van der Waals surface area contributed by atoms with Crippen LogP contribution < -0.4 is 10.3 Å². The predicted molar refractivity (Wildman–Crippen MR) is 157 cm³/mol. The Morgan fingerprint density at radius 2 is 2.05 bits per heavy atom. The van der Waals surface area contributed by atoms with Gasteiger partial charge >= 0.3 is 5.97 Å². The lowest BCUT2D eigenvalue weighted by atomic mass is 9.80. The lowest BCUT2D eigenvalue weighted by molar-refractivity contribution is 0.0699. The molecule has 0 aliphatic heterocycles. The van der Waals surface area contributed by atoms with E-state index in [0.29, 0.717) is 60.2 Å². The summed E-state index contributed by atoms with van der Waals surface area (Å²) < 4.78 is 8.44. The van der Waals surface area contributed by atoms with Crippen molar-refractivity contribution < 1.29 is 14.6 Å². The topological polar surface area (TPSA) is 131 Å². The molecule has 1 aromatic carbocycles. The maximum atomic E-state index is 13.6. The van der Waals surface area contributed by atoms with E-state index < -0.39 is 5.97 Å². The summed E-state index contributed by atoms with van der Waals surface area (Å²) in [5, 5.41) is 21.9. The molecule has 0 radical (unpaired) electrons. The molecule has 0 atom stereocenters. The monoisotopic (exact) mass is 585 g/mol. The molecule has 4 aromatic heterocycles. The number of rotatable bonds is 7. The fraction of sp³-hybridized carbons (Fsp3) is 0.267. The highest BCUT2D eigenvalue weighted by molar-refractivity contribution is 7.18. The molecule has 0 bridgehead atoms. The zero-order valence-electron chi connectivity index (χ0n) is 22.3. The molecule has 41 heavy (non-hydrogen) atoms. The predicted octanol–water partition coefficient (Wildman–Crippen LogP) is 6.25. The summed E-state index contributed by atoms with van der Waals surface area (Å²) in [4.78, 5) is 38.9. The number of thiophene rings is 1. The molecule has 9 nitrogen and oxygen atoms in total. The minimum absolute atomic E-state index is 0.142. The van der Waals surface area contributed by atoms with Crippen LogP contribution in [0.1, 0.15) is 58.3 Å². The highest BCUT2D eigenvalue weighted by Crippen LogP contribution is 2.40. The molecule has 206 valence electrons. The van der Waals surface area contributed by atoms with E-state index in [-0.39, 0.29) is 30.2 Å². The van der Waals surface area contributed by atoms with Crippen LogP contribution in [0.2, 0.25) is 5.02 Å². The van der Waals surface area contributed by atoms with Crippen molar-refractivity contribution in [2.24, 2.45) is 0 Å². The minimum atomic E-state index is -1.04. The molecule has 0 spiro atoms. The van der Waals surface area contributed by atoms with Crippen molar-refractivity contribution in [1.29, 1.82) is 5.26 Å². The molecular weight excluding hydrogens is 562 g/mol. The highest BCUT2D eigenvalue weighted by Gasteiger charge is 2.27. The number of aromatic nitrogens is 4. The summed E-state index contributed by atoms with van der Waals surface area (Å²) in [7, 11) is 0. The smallest absolute Gasteiger partial charge is 0.338 e. The highest BCUT2D eigenvalue weighted by atomic mass is 35.5. The Hall–Kier alpha value is -4.33. The van der Waals surface area contributed by atoms with Crippen LogP contribution in [0.25, 0.3) is 32.2 Å². The van der Waals surface area contributed by atoms with Crippen LogP contribution in [0.4, 0.5) is 0 Å². The molecule has 0 amide bonds. The number of aryl methyl sites for hydroxylation is 2. The number of carboxylic acids is 1. The summed E-state index contributed by atoms with van der Waals surface area (Å²) in [5.41, 5.74) is 3.79. The van der Waals surface area contributed by atoms with Crippen LogP contribution in [0.15, 0.2) is 40.6 Å². The third-order valence-corrected chi connectivity index (χ3v) is 8.75. The van der Waals surface area contributed by atoms with Crippen molar-refractivity contribution in [3.8, 4) is 22.9 Å². The number of aromatic carboxylic acids is 1. The minimum Gasteiger partial charge on any atom is -0.491 e. The maximum Gasteiger partial charge on any atom is 0.338 e. The largest absolute Gasteiger partial charge is 0.491 e. The normalized spacial score (nSPS) is 13.3. The molecule has 1 N–H and O–H groups in total. The van der Waals surface area contributed by atoms with Gasteiger partial charge in [0.15, 0.2) is 0 Å². The lowest BCUT2D eigenvalue weighted by Gasteiger charge is -2.25. The van der Waals surface area contributed by atoms with Gasteiger partial charge in [0, 0.05) is 33.1 Å². The Balaban J connectivity index is 1.35. The molecule has 5 aromatic rings. The number of nitriles is 1. The molecular formula is C30H24ClN5O4S. The number of hydrogen-bond acceptors (Lipinski definition) is 8. The number of pyridine rings is 2. The van der Waals surface area contributed by atoms with Gasteiger partial charge in [0.05, 0.1) is 50.7 Å². The van der Waals surface area contributed by atoms with Gasteiger partial charge in [-0.3, -0.25) is 19.3 Å². The van der Waals surface area contributed by atoms with Gasteiger partial charge in [0.25, 0.3) is 5.56 Å². The number of hydrogen-bond donors (Lipinski definition) is 1. The Morgan fingerprint density at radius 3 is 2.76 bits per heavy atom. The van der Waals surface area contributed by atoms with Crippen molar-refractivity contribution in [3.05, 3.63) is 79.6 Å². The van der Waals surface area contributed by atoms with Gasteiger partial charge in [-0.25, -0.2) is 9.78 Å². The second kappa shape index (κ2) is 10.6. The van der Waals surface area contributed by atoms with Crippen LogP contribution in [0.5, 0.6) is 5.75 Å². The third kappa shape index (κ3) is 4.71. The fourth-order valence-corrected chi connectivity index (χ4v) is 6.46. The van der Waals surface area contributed by atoms with Crippen LogP contribution in [0, 0.1) is 25.2 Å². The fourth-order valence-electron chi connectivity index (χ4n) is 5.28. The third-order valence-electron chi connectivity index (χ3n) is 7.51. The van der Waals surface area contributed by atoms with E-state index in [0.717, 1.165) is 24.8 Å². The molecule has 0 saturated heterocycles. The van der Waals surface area contributed by atoms with E-state index in [1.54, 1.807) is 43.6 Å². The van der Waals surface area contributed by atoms with Crippen LogP contribution in [-0.2, 0) is 6.54 Å². The first-order valence-electron chi connectivity index (χ1n) is 13.1. The first-order chi connectivity index (χ1) is 19.8. The molecule has 1 fully saturated rings. The van der Waals surface area contributed by atoms with Gasteiger partial charge < -0.3 is 9.84 Å². The van der Waals surface area contributed by atoms with E-state index in [4.69, 9.17) is 16.3 Å². The quantitative estimate of drug-likeness (QED) is 0.237. The average Bonchev–Trinajstić information content (AvgIpc) is 3.34. The van der Waals surface area contributed by atoms with Crippen LogP contribution in [0.3, 0.4) is 0 Å². The van der Waals surface area contributed by atoms with E-state index >= 15 is 0 Å². The number of benzene rings is 1. The standard InChI is InChI=1S/C30H24ClN5O4S/c1-15-10-20(28-27(34-15)22(14-41-28)30(38)39)19-11-18(31)6-7-24(19)40-9-8-36-16(2)35-23-13-33-26(17-4-3-5-17)21(12-32)25(23)29(36)37/h6-7,10-11,13-14,17H,3-5,8-9H2,1-2H3,(H,38,39). The second-order valence-corrected chi connectivity index (χ2v) is 11.4. The van der Waals surface area contributed by atoms with E-state index in [2.05, 4.69) is 21.0 Å². The van der Waals surface area contributed by atoms with Gasteiger partial charge in [-0.1, -0.05) is 18.0 Å². The van der Waals surface area contributed by atoms with Crippen molar-refractivity contribution in [3.63, 3.8) is 0 Å². The molecule has 11 heteroatoms. The van der Waals surface area contributed by atoms with Crippen molar-refractivity contribution in [2.75, 3.05) is 6.61 Å². The van der Waals surface area contributed by atoms with Crippen LogP contribution in [-0.4, -0.2) is 37.2 Å². The van der Waals surface area contributed by atoms with E-state index in [1.807, 2.05) is 6.07 Å². The number of carbonyl (C=O) groups is 1. The number of nitrogens with zero attached hydrogens (tertiary/aromatic N) is 5. The Bertz CT molecular complexity index is 1970. The second-order valence-electron chi connectivity index (χ2n) is 10.1. The van der Waals surface area contributed by atoms with E-state index in [9.17, 15) is 20.0 Å². The summed E-state index contributed by atoms with van der Waals surface area (Å²) in [6.45, 7) is 3.89. The zero-order chi connectivity index (χ0) is 28.8. The SMILES string of the molecule is Cc1cc(-c2cc(Cl)ccc2OCCn2c(C)nc3cnc(C4CCC4)c(C#N)c3c2=O)c2scc(C(=O)O)c2n1. The summed E-state index contributed by atoms with van der Waals surface area (Å²) in [6.07, 6.45) is 4.61. The van der Waals surface area contributed by atoms with Gasteiger partial charge in [0.2, 0.25) is 0 Å². The van der Waals surface area contributed by atoms with Gasteiger partial charge in [-0.2, -0.15) is 5.26 Å². The lowest BCUT2D eigenvalue weighted by Crippen LogP contribution is -2.28. The summed E-state index contributed by atoms with van der Waals surface area (Å²) in [5.74, 6) is 0.187. The zero-order valence-corrected chi connectivity index (χ0v) is 23.8. The number of ether oxygens (including phenoxy) is 1. The van der Waals surface area contributed by atoms with Gasteiger partial charge in [-0.15, -0.1) is 11.3 Å². The van der Waals surface area contributed by atoms with Crippen molar-refractivity contribution >= 4 is 50.0 Å². The average molecular weight is 586 g/mol. The Morgan fingerprint density at radius 1 is 1.24 bits per heavy atom. The summed E-state index contributed by atoms with van der Waals surface area (Å²) >= 11 is 7.67. The van der Waals surface area contributed by atoms with Crippen molar-refractivity contribution in [2.45, 2.75) is 45.6 Å². The van der Waals surface area contributed by atoms with E-state index in [1.165, 1.54) is 15.9 Å². The molecule has 4 heterocycles. The molecule has 1 aliphatic rings. The first-order valence-corrected chi connectivity index (χ1v) is 14.4. The maximum absolute atomic E-state index is 13.6. The molecule has 0 unspecified atom stereocenters. The summed E-state index contributed by atoms with van der Waals surface area (Å²) in [6, 6.07) is 9.33. The number of carboxylic acid groups (broad SMARTS) is 1. The molecule has 1 saturated carbocycles. The number of halogens is 1.